The first kappa shape index (κ1) is 17.5. The zero-order valence-corrected chi connectivity index (χ0v) is 15.3. The SMILES string of the molecule is Cc1ccc(Cl)cc1NC(=O)CSc1nc2ccccc2c(=O)n1C. The van der Waals surface area contributed by atoms with E-state index in [0.717, 1.165) is 5.56 Å². The van der Waals surface area contributed by atoms with E-state index in [1.807, 2.05) is 19.1 Å². The van der Waals surface area contributed by atoms with Gasteiger partial charge in [0.15, 0.2) is 5.16 Å². The molecular weight excluding hydrogens is 358 g/mol. The lowest BCUT2D eigenvalue weighted by Gasteiger charge is -2.10. The van der Waals surface area contributed by atoms with Crippen LogP contribution < -0.4 is 10.9 Å². The minimum Gasteiger partial charge on any atom is -0.325 e. The summed E-state index contributed by atoms with van der Waals surface area (Å²) in [5.41, 5.74) is 2.11. The second-order valence-electron chi connectivity index (χ2n) is 5.57. The molecule has 0 spiro atoms. The number of hydrogen-bond donors (Lipinski definition) is 1. The summed E-state index contributed by atoms with van der Waals surface area (Å²) in [5, 5.41) is 4.46. The van der Waals surface area contributed by atoms with Crippen LogP contribution in [0, 0.1) is 6.92 Å². The number of para-hydroxylation sites is 1. The molecule has 7 heteroatoms. The number of carbonyl (C=O) groups excluding carboxylic acids is 1. The van der Waals surface area contributed by atoms with E-state index < -0.39 is 0 Å². The maximum atomic E-state index is 12.4. The van der Waals surface area contributed by atoms with Crippen molar-refractivity contribution in [2.75, 3.05) is 11.1 Å². The summed E-state index contributed by atoms with van der Waals surface area (Å²) in [6.45, 7) is 1.90. The number of amides is 1. The van der Waals surface area contributed by atoms with Crippen molar-refractivity contribution in [1.82, 2.24) is 9.55 Å². The van der Waals surface area contributed by atoms with E-state index in [1.54, 1.807) is 37.4 Å². The lowest BCUT2D eigenvalue weighted by molar-refractivity contribution is -0.113. The number of carbonyl (C=O) groups is 1. The van der Waals surface area contributed by atoms with Crippen molar-refractivity contribution in [2.45, 2.75) is 12.1 Å². The van der Waals surface area contributed by atoms with E-state index in [2.05, 4.69) is 10.3 Å². The van der Waals surface area contributed by atoms with Crippen LogP contribution in [0.5, 0.6) is 0 Å². The van der Waals surface area contributed by atoms with Gasteiger partial charge in [-0.1, -0.05) is 41.6 Å². The van der Waals surface area contributed by atoms with E-state index in [-0.39, 0.29) is 17.2 Å². The van der Waals surface area contributed by atoms with E-state index in [4.69, 9.17) is 11.6 Å². The highest BCUT2D eigenvalue weighted by Crippen LogP contribution is 2.21. The van der Waals surface area contributed by atoms with Crippen LogP contribution in [-0.4, -0.2) is 21.2 Å². The van der Waals surface area contributed by atoms with Crippen LogP contribution in [0.25, 0.3) is 10.9 Å². The molecule has 2 aromatic carbocycles. The molecule has 0 saturated heterocycles. The first-order chi connectivity index (χ1) is 12.0. The van der Waals surface area contributed by atoms with Crippen molar-refractivity contribution in [1.29, 1.82) is 0 Å². The Balaban J connectivity index is 1.76. The fourth-order valence-electron chi connectivity index (χ4n) is 2.37. The standard InChI is InChI=1S/C18H16ClN3O2S/c1-11-7-8-12(19)9-15(11)20-16(23)10-25-18-21-14-6-4-3-5-13(14)17(24)22(18)2/h3-9H,10H2,1-2H3,(H,20,23). The van der Waals surface area contributed by atoms with Gasteiger partial charge in [-0.15, -0.1) is 0 Å². The number of nitrogens with zero attached hydrogens (tertiary/aromatic N) is 2. The van der Waals surface area contributed by atoms with Gasteiger partial charge in [-0.2, -0.15) is 0 Å². The number of anilines is 1. The molecule has 0 aliphatic carbocycles. The van der Waals surface area contributed by atoms with Gasteiger partial charge in [-0.05, 0) is 36.8 Å². The Morgan fingerprint density at radius 3 is 2.84 bits per heavy atom. The maximum Gasteiger partial charge on any atom is 0.261 e. The van der Waals surface area contributed by atoms with Crippen LogP contribution in [0.2, 0.25) is 5.02 Å². The van der Waals surface area contributed by atoms with E-state index in [1.165, 1.54) is 16.3 Å². The Kier molecular flexibility index (Phi) is 5.11. The summed E-state index contributed by atoms with van der Waals surface area (Å²) < 4.78 is 1.46. The Hall–Kier alpha value is -2.31. The topological polar surface area (TPSA) is 64.0 Å². The molecule has 5 nitrogen and oxygen atoms in total. The number of nitrogens with one attached hydrogen (secondary N) is 1. The number of hydrogen-bond acceptors (Lipinski definition) is 4. The average Bonchev–Trinajstić information content (AvgIpc) is 2.60. The van der Waals surface area contributed by atoms with Crippen molar-refractivity contribution in [3.63, 3.8) is 0 Å². The van der Waals surface area contributed by atoms with Gasteiger partial charge in [-0.3, -0.25) is 14.2 Å². The van der Waals surface area contributed by atoms with Gasteiger partial charge in [0.25, 0.3) is 5.56 Å². The summed E-state index contributed by atoms with van der Waals surface area (Å²) in [5.74, 6) is -0.0392. The summed E-state index contributed by atoms with van der Waals surface area (Å²) in [7, 11) is 1.66. The quantitative estimate of drug-likeness (QED) is 0.560. The lowest BCUT2D eigenvalue weighted by Crippen LogP contribution is -2.21. The fourth-order valence-corrected chi connectivity index (χ4v) is 3.32. The Morgan fingerprint density at radius 1 is 1.28 bits per heavy atom. The van der Waals surface area contributed by atoms with Crippen molar-refractivity contribution >= 4 is 45.9 Å². The molecule has 0 bridgehead atoms. The third-order valence-electron chi connectivity index (χ3n) is 3.75. The van der Waals surface area contributed by atoms with Crippen LogP contribution in [0.15, 0.2) is 52.4 Å². The smallest absolute Gasteiger partial charge is 0.261 e. The van der Waals surface area contributed by atoms with Gasteiger partial charge in [0.2, 0.25) is 5.91 Å². The molecule has 0 unspecified atom stereocenters. The zero-order chi connectivity index (χ0) is 18.0. The average molecular weight is 374 g/mol. The molecule has 1 amide bonds. The molecule has 1 N–H and O–H groups in total. The number of aryl methyl sites for hydroxylation is 1. The molecule has 0 aliphatic heterocycles. The van der Waals surface area contributed by atoms with Crippen molar-refractivity contribution in [3.8, 4) is 0 Å². The number of thioether (sulfide) groups is 1. The first-order valence-electron chi connectivity index (χ1n) is 7.60. The van der Waals surface area contributed by atoms with Gasteiger partial charge in [0, 0.05) is 17.8 Å². The van der Waals surface area contributed by atoms with Crippen LogP contribution >= 0.6 is 23.4 Å². The van der Waals surface area contributed by atoms with Crippen LogP contribution in [0.3, 0.4) is 0 Å². The van der Waals surface area contributed by atoms with Crippen molar-refractivity contribution < 1.29 is 4.79 Å². The summed E-state index contributed by atoms with van der Waals surface area (Å²) in [6, 6.07) is 12.5. The molecule has 25 heavy (non-hydrogen) atoms. The molecular formula is C18H16ClN3O2S. The number of benzene rings is 2. The van der Waals surface area contributed by atoms with Gasteiger partial charge < -0.3 is 5.32 Å². The highest BCUT2D eigenvalue weighted by Gasteiger charge is 2.11. The predicted molar refractivity (Wildman–Crippen MR) is 103 cm³/mol. The Morgan fingerprint density at radius 2 is 2.04 bits per heavy atom. The molecule has 3 aromatic rings. The number of aromatic nitrogens is 2. The molecule has 0 radical (unpaired) electrons. The zero-order valence-electron chi connectivity index (χ0n) is 13.7. The van der Waals surface area contributed by atoms with Crippen molar-refractivity contribution in [3.05, 3.63) is 63.4 Å². The third-order valence-corrected chi connectivity index (χ3v) is 5.01. The monoisotopic (exact) mass is 373 g/mol. The second kappa shape index (κ2) is 7.29. The molecule has 0 atom stereocenters. The van der Waals surface area contributed by atoms with E-state index in [9.17, 15) is 9.59 Å². The molecule has 0 fully saturated rings. The van der Waals surface area contributed by atoms with Crippen molar-refractivity contribution in [2.24, 2.45) is 7.05 Å². The van der Waals surface area contributed by atoms with Gasteiger partial charge in [-0.25, -0.2) is 4.98 Å². The molecule has 1 aromatic heterocycles. The van der Waals surface area contributed by atoms with E-state index in [0.29, 0.717) is 26.8 Å². The molecule has 0 aliphatic rings. The lowest BCUT2D eigenvalue weighted by atomic mass is 10.2. The fraction of sp³-hybridized carbons (Fsp3) is 0.167. The maximum absolute atomic E-state index is 12.4. The highest BCUT2D eigenvalue weighted by atomic mass is 35.5. The summed E-state index contributed by atoms with van der Waals surface area (Å²) >= 11 is 7.18. The third kappa shape index (κ3) is 3.86. The minimum absolute atomic E-state index is 0.126. The Bertz CT molecular complexity index is 1020. The van der Waals surface area contributed by atoms with Gasteiger partial charge in [0.1, 0.15) is 0 Å². The summed E-state index contributed by atoms with van der Waals surface area (Å²) in [4.78, 5) is 29.1. The predicted octanol–water partition coefficient (Wildman–Crippen LogP) is 3.63. The largest absolute Gasteiger partial charge is 0.325 e. The minimum atomic E-state index is -0.183. The molecule has 1 heterocycles. The second-order valence-corrected chi connectivity index (χ2v) is 6.95. The normalized spacial score (nSPS) is 10.8. The van der Waals surface area contributed by atoms with Crippen LogP contribution in [-0.2, 0) is 11.8 Å². The highest BCUT2D eigenvalue weighted by molar-refractivity contribution is 7.99. The summed E-state index contributed by atoms with van der Waals surface area (Å²) in [6.07, 6.45) is 0. The number of fused-ring (bicyclic) bond motifs is 1. The number of rotatable bonds is 4. The van der Waals surface area contributed by atoms with E-state index >= 15 is 0 Å². The number of halogens is 1. The van der Waals surface area contributed by atoms with Crippen LogP contribution in [0.4, 0.5) is 5.69 Å². The van der Waals surface area contributed by atoms with Gasteiger partial charge in [0.05, 0.1) is 16.7 Å². The van der Waals surface area contributed by atoms with Gasteiger partial charge >= 0.3 is 0 Å². The van der Waals surface area contributed by atoms with Crippen LogP contribution in [0.1, 0.15) is 5.56 Å². The molecule has 128 valence electrons. The molecule has 3 rings (SSSR count). The Labute approximate surface area is 154 Å². The molecule has 0 saturated carbocycles. The first-order valence-corrected chi connectivity index (χ1v) is 8.96.